The van der Waals surface area contributed by atoms with E-state index in [1.807, 2.05) is 6.92 Å². The van der Waals surface area contributed by atoms with Crippen molar-refractivity contribution in [3.05, 3.63) is 17.0 Å². The molecule has 2 N–H and O–H groups in total. The van der Waals surface area contributed by atoms with Crippen molar-refractivity contribution in [1.29, 1.82) is 0 Å². The van der Waals surface area contributed by atoms with Gasteiger partial charge in [-0.15, -0.1) is 11.3 Å². The molecule has 1 atom stereocenters. The van der Waals surface area contributed by atoms with E-state index in [9.17, 15) is 13.2 Å². The molecular formula is C10H15NO4S2. The summed E-state index contributed by atoms with van der Waals surface area (Å²) in [4.78, 5) is 11.7. The van der Waals surface area contributed by atoms with Crippen molar-refractivity contribution in [2.75, 3.05) is 0 Å². The Morgan fingerprint density at radius 1 is 1.47 bits per heavy atom. The molecular weight excluding hydrogens is 262 g/mol. The van der Waals surface area contributed by atoms with E-state index in [1.54, 1.807) is 13.0 Å². The molecule has 0 aliphatic heterocycles. The van der Waals surface area contributed by atoms with Crippen LogP contribution >= 0.6 is 11.3 Å². The number of hydrogen-bond acceptors (Lipinski definition) is 4. The number of carboxylic acid groups (broad SMARTS) is 1. The van der Waals surface area contributed by atoms with Gasteiger partial charge in [-0.2, -0.15) is 4.72 Å². The summed E-state index contributed by atoms with van der Waals surface area (Å²) in [5.74, 6) is -1.16. The van der Waals surface area contributed by atoms with Crippen LogP contribution in [-0.2, 0) is 21.2 Å². The monoisotopic (exact) mass is 277 g/mol. The first-order valence-electron chi connectivity index (χ1n) is 5.24. The Morgan fingerprint density at radius 2 is 2.12 bits per heavy atom. The van der Waals surface area contributed by atoms with Crippen molar-refractivity contribution in [3.8, 4) is 0 Å². The topological polar surface area (TPSA) is 83.5 Å². The zero-order chi connectivity index (χ0) is 13.1. The largest absolute Gasteiger partial charge is 0.480 e. The van der Waals surface area contributed by atoms with E-state index in [2.05, 4.69) is 4.72 Å². The highest BCUT2D eigenvalue weighted by Crippen LogP contribution is 2.22. The van der Waals surface area contributed by atoms with Gasteiger partial charge in [-0.05, 0) is 25.0 Å². The number of carbonyl (C=O) groups is 1. The maximum Gasteiger partial charge on any atom is 0.321 e. The van der Waals surface area contributed by atoms with Crippen LogP contribution in [0.4, 0.5) is 0 Å². The maximum atomic E-state index is 11.9. The molecule has 0 unspecified atom stereocenters. The SMILES string of the molecule is CCc1ccc(S(=O)(=O)N[C@@H](CC)C(=O)O)s1. The lowest BCUT2D eigenvalue weighted by molar-refractivity contribution is -0.139. The summed E-state index contributed by atoms with van der Waals surface area (Å²) in [6.45, 7) is 3.55. The van der Waals surface area contributed by atoms with E-state index in [4.69, 9.17) is 5.11 Å². The highest BCUT2D eigenvalue weighted by atomic mass is 32.2. The number of nitrogens with one attached hydrogen (secondary N) is 1. The van der Waals surface area contributed by atoms with Crippen LogP contribution in [0.1, 0.15) is 25.1 Å². The Labute approximate surface area is 105 Å². The summed E-state index contributed by atoms with van der Waals surface area (Å²) in [6, 6.07) is 2.16. The molecule has 0 amide bonds. The summed E-state index contributed by atoms with van der Waals surface area (Å²) < 4.78 is 26.1. The van der Waals surface area contributed by atoms with E-state index in [1.165, 1.54) is 6.07 Å². The van der Waals surface area contributed by atoms with E-state index in [-0.39, 0.29) is 10.6 Å². The lowest BCUT2D eigenvalue weighted by atomic mass is 10.2. The number of sulfonamides is 1. The second kappa shape index (κ2) is 5.61. The average Bonchev–Trinajstić information content (AvgIpc) is 2.74. The first-order valence-corrected chi connectivity index (χ1v) is 7.54. The first-order chi connectivity index (χ1) is 7.90. The second-order valence-electron chi connectivity index (χ2n) is 3.49. The molecule has 1 aromatic rings. The molecule has 1 aromatic heterocycles. The molecule has 0 aliphatic rings. The van der Waals surface area contributed by atoms with Crippen molar-refractivity contribution < 1.29 is 18.3 Å². The third-order valence-electron chi connectivity index (χ3n) is 2.25. The lowest BCUT2D eigenvalue weighted by Gasteiger charge is -2.11. The molecule has 17 heavy (non-hydrogen) atoms. The van der Waals surface area contributed by atoms with Gasteiger partial charge in [0.1, 0.15) is 10.3 Å². The van der Waals surface area contributed by atoms with Crippen molar-refractivity contribution in [1.82, 2.24) is 4.72 Å². The second-order valence-corrected chi connectivity index (χ2v) is 6.60. The van der Waals surface area contributed by atoms with Gasteiger partial charge in [0.15, 0.2) is 0 Å². The minimum Gasteiger partial charge on any atom is -0.480 e. The molecule has 0 aromatic carbocycles. The van der Waals surface area contributed by atoms with Gasteiger partial charge in [0, 0.05) is 4.88 Å². The molecule has 0 radical (unpaired) electrons. The summed E-state index contributed by atoms with van der Waals surface area (Å²) in [5, 5.41) is 8.81. The summed E-state index contributed by atoms with van der Waals surface area (Å²) >= 11 is 1.16. The molecule has 7 heteroatoms. The third kappa shape index (κ3) is 3.52. The van der Waals surface area contributed by atoms with Gasteiger partial charge >= 0.3 is 5.97 Å². The van der Waals surface area contributed by atoms with E-state index < -0.39 is 22.0 Å². The number of aryl methyl sites for hydroxylation is 1. The van der Waals surface area contributed by atoms with Gasteiger partial charge in [-0.1, -0.05) is 13.8 Å². The molecule has 0 saturated heterocycles. The number of rotatable bonds is 6. The third-order valence-corrected chi connectivity index (χ3v) is 5.45. The van der Waals surface area contributed by atoms with E-state index in [0.717, 1.165) is 22.6 Å². The molecule has 5 nitrogen and oxygen atoms in total. The number of carboxylic acids is 1. The Kier molecular flexibility index (Phi) is 4.67. The Balaban J connectivity index is 2.91. The van der Waals surface area contributed by atoms with Gasteiger partial charge in [-0.3, -0.25) is 4.79 Å². The number of hydrogen-bond donors (Lipinski definition) is 2. The molecule has 1 rings (SSSR count). The van der Waals surface area contributed by atoms with Gasteiger partial charge in [0.2, 0.25) is 0 Å². The summed E-state index contributed by atoms with van der Waals surface area (Å²) in [7, 11) is -3.72. The average molecular weight is 277 g/mol. The highest BCUT2D eigenvalue weighted by molar-refractivity contribution is 7.91. The van der Waals surface area contributed by atoms with Crippen LogP contribution in [0.25, 0.3) is 0 Å². The van der Waals surface area contributed by atoms with Crippen LogP contribution in [0.3, 0.4) is 0 Å². The fraction of sp³-hybridized carbons (Fsp3) is 0.500. The van der Waals surface area contributed by atoms with Crippen molar-refractivity contribution >= 4 is 27.3 Å². The number of aliphatic carboxylic acids is 1. The van der Waals surface area contributed by atoms with Crippen LogP contribution in [0.5, 0.6) is 0 Å². The molecule has 0 spiro atoms. The molecule has 0 saturated carbocycles. The first kappa shape index (κ1) is 14.1. The smallest absolute Gasteiger partial charge is 0.321 e. The van der Waals surface area contributed by atoms with Crippen molar-refractivity contribution in [2.24, 2.45) is 0 Å². The van der Waals surface area contributed by atoms with Crippen LogP contribution in [-0.4, -0.2) is 25.5 Å². The normalized spacial score (nSPS) is 13.5. The van der Waals surface area contributed by atoms with Gasteiger partial charge in [-0.25, -0.2) is 8.42 Å². The lowest BCUT2D eigenvalue weighted by Crippen LogP contribution is -2.39. The van der Waals surface area contributed by atoms with Crippen LogP contribution in [0.15, 0.2) is 16.3 Å². The summed E-state index contributed by atoms with van der Waals surface area (Å²) in [5.41, 5.74) is 0. The molecule has 1 heterocycles. The van der Waals surface area contributed by atoms with Crippen LogP contribution in [0.2, 0.25) is 0 Å². The molecule has 0 bridgehead atoms. The predicted octanol–water partition coefficient (Wildman–Crippen LogP) is 1.45. The minimum absolute atomic E-state index is 0.161. The van der Waals surface area contributed by atoms with Crippen molar-refractivity contribution in [2.45, 2.75) is 36.9 Å². The highest BCUT2D eigenvalue weighted by Gasteiger charge is 2.24. The van der Waals surface area contributed by atoms with E-state index >= 15 is 0 Å². The Hall–Kier alpha value is -0.920. The fourth-order valence-corrected chi connectivity index (χ4v) is 3.83. The van der Waals surface area contributed by atoms with Crippen LogP contribution in [0, 0.1) is 0 Å². The van der Waals surface area contributed by atoms with Crippen molar-refractivity contribution in [3.63, 3.8) is 0 Å². The zero-order valence-corrected chi connectivity index (χ0v) is 11.3. The van der Waals surface area contributed by atoms with Gasteiger partial charge < -0.3 is 5.11 Å². The van der Waals surface area contributed by atoms with Crippen LogP contribution < -0.4 is 4.72 Å². The van der Waals surface area contributed by atoms with Gasteiger partial charge in [0.05, 0.1) is 0 Å². The Bertz CT molecular complexity index is 492. The predicted molar refractivity (Wildman–Crippen MR) is 65.7 cm³/mol. The quantitative estimate of drug-likeness (QED) is 0.824. The standard InChI is InChI=1S/C10H15NO4S2/c1-3-7-5-6-9(16-7)17(14,15)11-8(4-2)10(12)13/h5-6,8,11H,3-4H2,1-2H3,(H,12,13)/t8-/m0/s1. The minimum atomic E-state index is -3.72. The zero-order valence-electron chi connectivity index (χ0n) is 9.63. The van der Waals surface area contributed by atoms with Gasteiger partial charge in [0.25, 0.3) is 10.0 Å². The Morgan fingerprint density at radius 3 is 2.53 bits per heavy atom. The summed E-state index contributed by atoms with van der Waals surface area (Å²) in [6.07, 6.45) is 0.969. The molecule has 0 aliphatic carbocycles. The number of thiophene rings is 1. The van der Waals surface area contributed by atoms with E-state index in [0.29, 0.717) is 0 Å². The maximum absolute atomic E-state index is 11.9. The molecule has 0 fully saturated rings. The molecule has 96 valence electrons. The fourth-order valence-electron chi connectivity index (χ4n) is 1.25.